The zero-order valence-corrected chi connectivity index (χ0v) is 18.4. The summed E-state index contributed by atoms with van der Waals surface area (Å²) in [6.07, 6.45) is 4.50. The van der Waals surface area contributed by atoms with Crippen molar-refractivity contribution < 1.29 is 21.6 Å². The normalized spacial score (nSPS) is 21.9. The Kier molecular flexibility index (Phi) is 8.20. The first-order valence-electron chi connectivity index (χ1n) is 10.2. The molecule has 0 saturated carbocycles. The molecule has 170 valence electrons. The minimum Gasteiger partial charge on any atom is -0.356 e. The van der Waals surface area contributed by atoms with Crippen LogP contribution in [0.3, 0.4) is 0 Å². The monoisotopic (exact) mass is 441 g/mol. The standard InChI is InChI=1S/C18H34F3N5O2S/c1-17(2,25-9-5-4-6-10-25)14-24-16(22-3)23-13-15-7-11-26(12-8-15)29(27,28)18(19,20)21/h15H,4-14H2,1-3H3,(H2,22,23,24). The van der Waals surface area contributed by atoms with Gasteiger partial charge in [0.15, 0.2) is 5.96 Å². The Morgan fingerprint density at radius 2 is 1.62 bits per heavy atom. The number of hydrogen-bond acceptors (Lipinski definition) is 4. The molecule has 0 atom stereocenters. The van der Waals surface area contributed by atoms with Gasteiger partial charge in [-0.25, -0.2) is 8.42 Å². The Morgan fingerprint density at radius 1 is 1.03 bits per heavy atom. The van der Waals surface area contributed by atoms with Gasteiger partial charge in [0.05, 0.1) is 0 Å². The van der Waals surface area contributed by atoms with Crippen LogP contribution in [0.1, 0.15) is 46.0 Å². The summed E-state index contributed by atoms with van der Waals surface area (Å²) in [5.74, 6) is 0.753. The van der Waals surface area contributed by atoms with E-state index in [1.807, 2.05) is 0 Å². The smallest absolute Gasteiger partial charge is 0.356 e. The fourth-order valence-electron chi connectivity index (χ4n) is 3.87. The number of hydrogen-bond donors (Lipinski definition) is 2. The van der Waals surface area contributed by atoms with E-state index in [4.69, 9.17) is 0 Å². The summed E-state index contributed by atoms with van der Waals surface area (Å²) in [6.45, 7) is 7.66. The Morgan fingerprint density at radius 3 is 2.14 bits per heavy atom. The number of halogens is 3. The lowest BCUT2D eigenvalue weighted by Gasteiger charge is -2.41. The van der Waals surface area contributed by atoms with Gasteiger partial charge in [0, 0.05) is 38.8 Å². The molecule has 11 heteroatoms. The highest BCUT2D eigenvalue weighted by Gasteiger charge is 2.50. The lowest BCUT2D eigenvalue weighted by molar-refractivity contribution is -0.0496. The van der Waals surface area contributed by atoms with Crippen molar-refractivity contribution in [1.29, 1.82) is 0 Å². The second kappa shape index (κ2) is 9.82. The van der Waals surface area contributed by atoms with Crippen LogP contribution in [-0.2, 0) is 10.0 Å². The van der Waals surface area contributed by atoms with Gasteiger partial charge in [0.1, 0.15) is 0 Å². The molecule has 0 amide bonds. The molecule has 2 heterocycles. The topological polar surface area (TPSA) is 77.0 Å². The highest BCUT2D eigenvalue weighted by atomic mass is 32.2. The summed E-state index contributed by atoms with van der Waals surface area (Å²) in [4.78, 5) is 6.71. The van der Waals surface area contributed by atoms with E-state index in [9.17, 15) is 21.6 Å². The van der Waals surface area contributed by atoms with Crippen LogP contribution in [0.4, 0.5) is 13.2 Å². The molecule has 2 aliphatic heterocycles. The zero-order chi connectivity index (χ0) is 21.7. The molecule has 2 aliphatic rings. The van der Waals surface area contributed by atoms with Gasteiger partial charge in [-0.3, -0.25) is 9.89 Å². The van der Waals surface area contributed by atoms with E-state index >= 15 is 0 Å². The van der Waals surface area contributed by atoms with Crippen molar-refractivity contribution >= 4 is 16.0 Å². The van der Waals surface area contributed by atoms with Crippen molar-refractivity contribution in [3.63, 3.8) is 0 Å². The van der Waals surface area contributed by atoms with Crippen LogP contribution in [0.25, 0.3) is 0 Å². The molecule has 2 rings (SSSR count). The minimum absolute atomic E-state index is 0.00463. The fourth-order valence-corrected chi connectivity index (χ4v) is 4.86. The summed E-state index contributed by atoms with van der Waals surface area (Å²) in [5, 5.41) is 6.57. The third-order valence-corrected chi connectivity index (χ3v) is 7.52. The van der Waals surface area contributed by atoms with Gasteiger partial charge in [-0.1, -0.05) is 6.42 Å². The highest BCUT2D eigenvalue weighted by Crippen LogP contribution is 2.30. The van der Waals surface area contributed by atoms with E-state index in [0.717, 1.165) is 19.6 Å². The molecule has 0 aromatic heterocycles. The summed E-state index contributed by atoms with van der Waals surface area (Å²) in [6, 6.07) is 0. The van der Waals surface area contributed by atoms with Crippen molar-refractivity contribution in [2.45, 2.75) is 57.0 Å². The first kappa shape index (κ1) is 24.2. The van der Waals surface area contributed by atoms with Crippen molar-refractivity contribution in [2.24, 2.45) is 10.9 Å². The lowest BCUT2D eigenvalue weighted by Crippen LogP contribution is -2.55. The molecule has 0 aromatic carbocycles. The molecule has 0 spiro atoms. The van der Waals surface area contributed by atoms with Crippen LogP contribution >= 0.6 is 0 Å². The van der Waals surface area contributed by atoms with Gasteiger partial charge < -0.3 is 10.6 Å². The number of alkyl halides is 3. The average molecular weight is 442 g/mol. The van der Waals surface area contributed by atoms with Crippen LogP contribution in [0.15, 0.2) is 4.99 Å². The van der Waals surface area contributed by atoms with Crippen LogP contribution in [0, 0.1) is 5.92 Å². The Hall–Kier alpha value is -1.07. The van der Waals surface area contributed by atoms with Gasteiger partial charge in [-0.15, -0.1) is 0 Å². The van der Waals surface area contributed by atoms with Crippen LogP contribution in [-0.4, -0.2) is 80.9 Å². The average Bonchev–Trinajstić information content (AvgIpc) is 2.68. The van der Waals surface area contributed by atoms with Crippen LogP contribution < -0.4 is 10.6 Å². The number of piperidine rings is 2. The Labute approximate surface area is 172 Å². The first-order chi connectivity index (χ1) is 13.5. The molecular weight excluding hydrogens is 407 g/mol. The van der Waals surface area contributed by atoms with Gasteiger partial charge in [-0.2, -0.15) is 17.5 Å². The predicted octanol–water partition coefficient (Wildman–Crippen LogP) is 1.98. The zero-order valence-electron chi connectivity index (χ0n) is 17.6. The van der Waals surface area contributed by atoms with Crippen molar-refractivity contribution in [3.8, 4) is 0 Å². The van der Waals surface area contributed by atoms with Crippen LogP contribution in [0.2, 0.25) is 0 Å². The molecule has 2 N–H and O–H groups in total. The molecular formula is C18H34F3N5O2S. The summed E-state index contributed by atoms with van der Waals surface area (Å²) in [7, 11) is -3.54. The number of rotatable bonds is 6. The molecule has 0 unspecified atom stereocenters. The number of guanidine groups is 1. The molecule has 7 nitrogen and oxygen atoms in total. The quantitative estimate of drug-likeness (QED) is 0.487. The maximum Gasteiger partial charge on any atom is 0.511 e. The van der Waals surface area contributed by atoms with Crippen molar-refractivity contribution in [2.75, 3.05) is 46.3 Å². The van der Waals surface area contributed by atoms with E-state index in [1.54, 1.807) is 7.05 Å². The first-order valence-corrected chi connectivity index (χ1v) is 11.7. The third kappa shape index (κ3) is 6.45. The summed E-state index contributed by atoms with van der Waals surface area (Å²) < 4.78 is 61.5. The van der Waals surface area contributed by atoms with E-state index < -0.39 is 15.5 Å². The number of nitrogens with zero attached hydrogens (tertiary/aromatic N) is 3. The third-order valence-electron chi connectivity index (χ3n) is 5.89. The Bertz CT molecular complexity index is 653. The molecule has 0 radical (unpaired) electrons. The number of aliphatic imine (C=N–C) groups is 1. The van der Waals surface area contributed by atoms with Gasteiger partial charge >= 0.3 is 15.5 Å². The minimum atomic E-state index is -5.23. The SMILES string of the molecule is CN=C(NCC1CCN(S(=O)(=O)C(F)(F)F)CC1)NCC(C)(C)N1CCCCC1. The van der Waals surface area contributed by atoms with E-state index in [0.29, 0.717) is 29.7 Å². The number of sulfonamides is 1. The molecule has 0 bridgehead atoms. The fraction of sp³-hybridized carbons (Fsp3) is 0.944. The maximum atomic E-state index is 12.7. The molecule has 29 heavy (non-hydrogen) atoms. The maximum absolute atomic E-state index is 12.7. The highest BCUT2D eigenvalue weighted by molar-refractivity contribution is 7.90. The number of nitrogens with one attached hydrogen (secondary N) is 2. The van der Waals surface area contributed by atoms with Gasteiger partial charge in [0.2, 0.25) is 0 Å². The Balaban J connectivity index is 1.76. The van der Waals surface area contributed by atoms with E-state index in [1.165, 1.54) is 19.3 Å². The van der Waals surface area contributed by atoms with Gasteiger partial charge in [0.25, 0.3) is 0 Å². The summed E-state index contributed by atoms with van der Waals surface area (Å²) >= 11 is 0. The lowest BCUT2D eigenvalue weighted by atomic mass is 9.98. The second-order valence-electron chi connectivity index (χ2n) is 8.46. The van der Waals surface area contributed by atoms with Crippen molar-refractivity contribution in [3.05, 3.63) is 0 Å². The second-order valence-corrected chi connectivity index (χ2v) is 10.4. The van der Waals surface area contributed by atoms with Gasteiger partial charge in [-0.05, 0) is 58.5 Å². The molecule has 2 saturated heterocycles. The van der Waals surface area contributed by atoms with E-state index in [-0.39, 0.29) is 24.5 Å². The number of likely N-dealkylation sites (tertiary alicyclic amines) is 1. The van der Waals surface area contributed by atoms with E-state index in [2.05, 4.69) is 34.4 Å². The molecule has 2 fully saturated rings. The van der Waals surface area contributed by atoms with Crippen LogP contribution in [0.5, 0.6) is 0 Å². The predicted molar refractivity (Wildman–Crippen MR) is 108 cm³/mol. The molecule has 0 aliphatic carbocycles. The summed E-state index contributed by atoms with van der Waals surface area (Å²) in [5.41, 5.74) is -5.24. The largest absolute Gasteiger partial charge is 0.511 e. The molecule has 0 aromatic rings. The van der Waals surface area contributed by atoms with Crippen molar-refractivity contribution in [1.82, 2.24) is 19.8 Å².